The number of rotatable bonds is 2. The van der Waals surface area contributed by atoms with E-state index in [2.05, 4.69) is 4.99 Å². The van der Waals surface area contributed by atoms with Crippen LogP contribution in [0.5, 0.6) is 0 Å². The predicted molar refractivity (Wildman–Crippen MR) is 104 cm³/mol. The molecule has 4 rings (SSSR count). The van der Waals surface area contributed by atoms with E-state index in [1.54, 1.807) is 23.1 Å². The highest BCUT2D eigenvalue weighted by Gasteiger charge is 2.49. The molecule has 1 amide bonds. The molecule has 0 saturated carbocycles. The molecule has 0 aliphatic carbocycles. The van der Waals surface area contributed by atoms with E-state index in [9.17, 15) is 13.2 Å². The lowest BCUT2D eigenvalue weighted by molar-refractivity contribution is -0.126. The fourth-order valence-electron chi connectivity index (χ4n) is 3.44. The normalized spacial score (nSPS) is 31.5. The fraction of sp³-hybridized carbons (Fsp3) is 0.500. The molecule has 6 nitrogen and oxygen atoms in total. The topological polar surface area (TPSA) is 76.0 Å². The minimum absolute atomic E-state index is 0.0258. The first-order chi connectivity index (χ1) is 12.3. The summed E-state index contributed by atoms with van der Waals surface area (Å²) in [5.74, 6) is -0.219. The number of hydrogen-bond donors (Lipinski definition) is 0. The van der Waals surface area contributed by atoms with Gasteiger partial charge in [0.05, 0.1) is 27.6 Å². The Morgan fingerprint density at radius 2 is 2.08 bits per heavy atom. The van der Waals surface area contributed by atoms with Gasteiger partial charge in [-0.3, -0.25) is 4.79 Å². The van der Waals surface area contributed by atoms with Crippen LogP contribution < -0.4 is 4.90 Å². The van der Waals surface area contributed by atoms with E-state index in [1.165, 1.54) is 11.8 Å². The van der Waals surface area contributed by atoms with Gasteiger partial charge in [-0.05, 0) is 31.0 Å². The molecule has 26 heavy (non-hydrogen) atoms. The number of amidine groups is 1. The van der Waals surface area contributed by atoms with E-state index in [0.717, 1.165) is 6.42 Å². The third-order valence-electron chi connectivity index (χ3n) is 4.66. The van der Waals surface area contributed by atoms with Crippen molar-refractivity contribution >= 4 is 61.6 Å². The molecule has 0 spiro atoms. The van der Waals surface area contributed by atoms with Gasteiger partial charge in [0.15, 0.2) is 15.0 Å². The molecule has 1 aromatic carbocycles. The number of halogens is 2. The van der Waals surface area contributed by atoms with Crippen molar-refractivity contribution in [3.8, 4) is 0 Å². The van der Waals surface area contributed by atoms with Crippen LogP contribution in [0.3, 0.4) is 0 Å². The summed E-state index contributed by atoms with van der Waals surface area (Å²) in [4.78, 5) is 18.5. The zero-order chi connectivity index (χ0) is 18.5. The number of thioether (sulfide) groups is 1. The summed E-state index contributed by atoms with van der Waals surface area (Å²) in [5.41, 5.74) is 0.676. The molecule has 0 bridgehead atoms. The Hall–Kier alpha value is -0.800. The Labute approximate surface area is 165 Å². The number of carbonyl (C=O) groups excluding carboxylic acids is 1. The molecule has 3 fully saturated rings. The molecule has 3 saturated heterocycles. The predicted octanol–water partition coefficient (Wildman–Crippen LogP) is 2.77. The van der Waals surface area contributed by atoms with Crippen molar-refractivity contribution in [2.75, 3.05) is 23.0 Å². The Kier molecular flexibility index (Phi) is 4.98. The van der Waals surface area contributed by atoms with Gasteiger partial charge in [0.2, 0.25) is 0 Å². The first-order valence-electron chi connectivity index (χ1n) is 8.19. The first-order valence-corrected chi connectivity index (χ1v) is 11.7. The maximum absolute atomic E-state index is 12.4. The lowest BCUT2D eigenvalue weighted by Crippen LogP contribution is -2.38. The van der Waals surface area contributed by atoms with Gasteiger partial charge < -0.3 is 9.64 Å². The van der Waals surface area contributed by atoms with Crippen molar-refractivity contribution in [1.29, 1.82) is 0 Å². The van der Waals surface area contributed by atoms with E-state index >= 15 is 0 Å². The number of anilines is 1. The van der Waals surface area contributed by atoms with Crippen LogP contribution >= 0.6 is 35.0 Å². The average Bonchev–Trinajstić information content (AvgIpc) is 3.25. The van der Waals surface area contributed by atoms with Gasteiger partial charge in [-0.15, -0.1) is 0 Å². The lowest BCUT2D eigenvalue weighted by Gasteiger charge is -2.25. The highest BCUT2D eigenvalue weighted by Crippen LogP contribution is 2.42. The van der Waals surface area contributed by atoms with E-state index in [1.807, 2.05) is 0 Å². The maximum atomic E-state index is 12.4. The fourth-order valence-corrected chi connectivity index (χ4v) is 7.65. The van der Waals surface area contributed by atoms with E-state index in [-0.39, 0.29) is 28.7 Å². The number of ether oxygens (including phenoxy) is 1. The van der Waals surface area contributed by atoms with E-state index < -0.39 is 15.9 Å². The Balaban J connectivity index is 1.70. The summed E-state index contributed by atoms with van der Waals surface area (Å²) in [6.45, 7) is 0.564. The number of benzene rings is 1. The van der Waals surface area contributed by atoms with Crippen molar-refractivity contribution in [3.63, 3.8) is 0 Å². The largest absolute Gasteiger partial charge is 0.368 e. The van der Waals surface area contributed by atoms with Crippen LogP contribution in [0.1, 0.15) is 12.8 Å². The van der Waals surface area contributed by atoms with E-state index in [0.29, 0.717) is 33.9 Å². The standard InChI is InChI=1S/C16H16Cl2N2O4S2/c17-10-4-3-9(6-11(10)18)20-12-7-26(22,23)8-14(12)25-16(20)19-15(21)13-2-1-5-24-13/h3-4,6,12-14H,1-2,5,7-8H2. The second-order valence-corrected chi connectivity index (χ2v) is 10.7. The second-order valence-electron chi connectivity index (χ2n) is 6.50. The zero-order valence-corrected chi connectivity index (χ0v) is 16.7. The molecule has 3 atom stereocenters. The molecule has 140 valence electrons. The van der Waals surface area contributed by atoms with Crippen LogP contribution in [0.4, 0.5) is 5.69 Å². The number of nitrogens with zero attached hydrogens (tertiary/aromatic N) is 2. The maximum Gasteiger partial charge on any atom is 0.277 e. The molecule has 1 aromatic rings. The van der Waals surface area contributed by atoms with Crippen molar-refractivity contribution in [2.24, 2.45) is 4.99 Å². The Bertz CT molecular complexity index is 884. The average molecular weight is 435 g/mol. The molecule has 10 heteroatoms. The molecule has 0 radical (unpaired) electrons. The summed E-state index contributed by atoms with van der Waals surface area (Å²) in [6.07, 6.45) is 0.991. The monoisotopic (exact) mass is 434 g/mol. The Morgan fingerprint density at radius 1 is 1.27 bits per heavy atom. The summed E-state index contributed by atoms with van der Waals surface area (Å²) in [6, 6.07) is 4.80. The molecular formula is C16H16Cl2N2O4S2. The number of fused-ring (bicyclic) bond motifs is 1. The van der Waals surface area contributed by atoms with Crippen LogP contribution in [0.2, 0.25) is 10.0 Å². The molecule has 3 unspecified atom stereocenters. The molecule has 3 aliphatic heterocycles. The molecule has 0 N–H and O–H groups in total. The lowest BCUT2D eigenvalue weighted by atomic mass is 10.2. The molecule has 3 heterocycles. The van der Waals surface area contributed by atoms with Crippen LogP contribution in [0.25, 0.3) is 0 Å². The minimum Gasteiger partial charge on any atom is -0.368 e. The van der Waals surface area contributed by atoms with Gasteiger partial charge in [0.25, 0.3) is 5.91 Å². The van der Waals surface area contributed by atoms with Gasteiger partial charge in [0, 0.05) is 17.5 Å². The second kappa shape index (κ2) is 6.98. The SMILES string of the molecule is O=C(N=C1SC2CS(=O)(=O)CC2N1c1ccc(Cl)c(Cl)c1)C1CCCO1. The minimum atomic E-state index is -3.12. The van der Waals surface area contributed by atoms with Crippen molar-refractivity contribution < 1.29 is 17.9 Å². The van der Waals surface area contributed by atoms with Crippen LogP contribution in [0.15, 0.2) is 23.2 Å². The van der Waals surface area contributed by atoms with E-state index in [4.69, 9.17) is 27.9 Å². The number of hydrogen-bond acceptors (Lipinski definition) is 5. The number of aliphatic imine (C=N–C) groups is 1. The first kappa shape index (κ1) is 18.6. The molecule has 3 aliphatic rings. The summed E-state index contributed by atoms with van der Waals surface area (Å²) >= 11 is 13.5. The third-order valence-corrected chi connectivity index (χ3v) is 8.61. The quantitative estimate of drug-likeness (QED) is 0.711. The highest BCUT2D eigenvalue weighted by molar-refractivity contribution is 8.16. The smallest absolute Gasteiger partial charge is 0.277 e. The van der Waals surface area contributed by atoms with Crippen molar-refractivity contribution in [1.82, 2.24) is 0 Å². The highest BCUT2D eigenvalue weighted by atomic mass is 35.5. The van der Waals surface area contributed by atoms with Gasteiger partial charge in [-0.1, -0.05) is 35.0 Å². The van der Waals surface area contributed by atoms with Crippen LogP contribution in [-0.2, 0) is 19.4 Å². The van der Waals surface area contributed by atoms with Crippen LogP contribution in [0, 0.1) is 0 Å². The van der Waals surface area contributed by atoms with Gasteiger partial charge in [-0.2, -0.15) is 4.99 Å². The molecular weight excluding hydrogens is 419 g/mol. The van der Waals surface area contributed by atoms with Crippen molar-refractivity contribution in [2.45, 2.75) is 30.2 Å². The van der Waals surface area contributed by atoms with Gasteiger partial charge in [-0.25, -0.2) is 8.42 Å². The third kappa shape index (κ3) is 3.49. The number of amides is 1. The van der Waals surface area contributed by atoms with Gasteiger partial charge >= 0.3 is 0 Å². The zero-order valence-electron chi connectivity index (χ0n) is 13.6. The summed E-state index contributed by atoms with van der Waals surface area (Å²) in [5, 5.41) is 1.11. The Morgan fingerprint density at radius 3 is 2.77 bits per heavy atom. The number of sulfone groups is 1. The summed E-state index contributed by atoms with van der Waals surface area (Å²) < 4.78 is 29.5. The van der Waals surface area contributed by atoms with Crippen LogP contribution in [-0.4, -0.2) is 55.0 Å². The van der Waals surface area contributed by atoms with Crippen molar-refractivity contribution in [3.05, 3.63) is 28.2 Å². The number of carbonyl (C=O) groups is 1. The molecule has 0 aromatic heterocycles. The summed E-state index contributed by atoms with van der Waals surface area (Å²) in [7, 11) is -3.12. The van der Waals surface area contributed by atoms with Gasteiger partial charge in [0.1, 0.15) is 6.10 Å².